The van der Waals surface area contributed by atoms with E-state index in [9.17, 15) is 18.8 Å². The van der Waals surface area contributed by atoms with E-state index in [1.54, 1.807) is 32.0 Å². The molecule has 0 saturated heterocycles. The average Bonchev–Trinajstić information content (AvgIpc) is 3.62. The van der Waals surface area contributed by atoms with Crippen LogP contribution in [0, 0.1) is 11.7 Å². The molecular formula is C26H29ClFN5O3. The van der Waals surface area contributed by atoms with E-state index < -0.39 is 11.7 Å². The van der Waals surface area contributed by atoms with Gasteiger partial charge in [0.2, 0.25) is 11.8 Å². The van der Waals surface area contributed by atoms with Gasteiger partial charge in [0, 0.05) is 30.1 Å². The van der Waals surface area contributed by atoms with Gasteiger partial charge in [0.05, 0.1) is 17.1 Å². The lowest BCUT2D eigenvalue weighted by Gasteiger charge is -2.26. The Balaban J connectivity index is 1.44. The van der Waals surface area contributed by atoms with Crippen molar-refractivity contribution in [2.24, 2.45) is 5.92 Å². The zero-order valence-corrected chi connectivity index (χ0v) is 21.0. The summed E-state index contributed by atoms with van der Waals surface area (Å²) >= 11 is 5.80. The summed E-state index contributed by atoms with van der Waals surface area (Å²) in [7, 11) is 0. The maximum atomic E-state index is 14.1. The van der Waals surface area contributed by atoms with Gasteiger partial charge in [-0.05, 0) is 44.7 Å². The topological polar surface area (TPSA) is 96.3 Å². The van der Waals surface area contributed by atoms with Gasteiger partial charge >= 0.3 is 0 Å². The van der Waals surface area contributed by atoms with Gasteiger partial charge in [-0.2, -0.15) is 5.10 Å². The number of carbonyl (C=O) groups is 3. The molecule has 0 radical (unpaired) electrons. The van der Waals surface area contributed by atoms with Gasteiger partial charge in [0.15, 0.2) is 5.69 Å². The van der Waals surface area contributed by atoms with Crippen molar-refractivity contribution < 1.29 is 18.8 Å². The molecule has 0 spiro atoms. The third-order valence-electron chi connectivity index (χ3n) is 6.17. The number of benzene rings is 2. The number of nitrogens with zero attached hydrogens (tertiary/aromatic N) is 3. The fourth-order valence-corrected chi connectivity index (χ4v) is 4.12. The highest BCUT2D eigenvalue weighted by Crippen LogP contribution is 2.28. The highest BCUT2D eigenvalue weighted by Gasteiger charge is 2.25. The molecule has 2 N–H and O–H groups in total. The van der Waals surface area contributed by atoms with Gasteiger partial charge < -0.3 is 15.5 Å². The van der Waals surface area contributed by atoms with E-state index in [1.807, 2.05) is 12.1 Å². The Bertz CT molecular complexity index is 1290. The monoisotopic (exact) mass is 513 g/mol. The molecule has 0 unspecified atom stereocenters. The van der Waals surface area contributed by atoms with Crippen LogP contribution in [-0.4, -0.2) is 51.5 Å². The van der Waals surface area contributed by atoms with Gasteiger partial charge in [0.25, 0.3) is 5.91 Å². The van der Waals surface area contributed by atoms with Crippen LogP contribution in [0.15, 0.2) is 42.5 Å². The minimum atomic E-state index is -0.584. The second-order valence-electron chi connectivity index (χ2n) is 9.28. The molecule has 1 saturated carbocycles. The van der Waals surface area contributed by atoms with E-state index in [0.29, 0.717) is 23.4 Å². The molecule has 10 heteroatoms. The van der Waals surface area contributed by atoms with Crippen molar-refractivity contribution in [3.05, 3.63) is 64.6 Å². The number of amides is 3. The van der Waals surface area contributed by atoms with Crippen LogP contribution in [0.1, 0.15) is 42.7 Å². The fraction of sp³-hybridized carbons (Fsp3) is 0.385. The first-order valence-corrected chi connectivity index (χ1v) is 12.3. The number of hydrogen-bond donors (Lipinski definition) is 2. The molecule has 2 aromatic carbocycles. The second kappa shape index (κ2) is 11.1. The van der Waals surface area contributed by atoms with Gasteiger partial charge in [-0.1, -0.05) is 41.9 Å². The van der Waals surface area contributed by atoms with Crippen molar-refractivity contribution in [1.82, 2.24) is 25.3 Å². The highest BCUT2D eigenvalue weighted by atomic mass is 35.5. The lowest BCUT2D eigenvalue weighted by Crippen LogP contribution is -2.45. The predicted octanol–water partition coefficient (Wildman–Crippen LogP) is 3.52. The number of para-hydroxylation sites is 1. The first-order valence-electron chi connectivity index (χ1n) is 12.0. The first-order chi connectivity index (χ1) is 17.2. The number of aromatic nitrogens is 2. The normalized spacial score (nSPS) is 13.1. The van der Waals surface area contributed by atoms with E-state index in [1.165, 1.54) is 21.7 Å². The molecule has 4 rings (SSSR count). The molecule has 1 heterocycles. The summed E-state index contributed by atoms with van der Waals surface area (Å²) in [5.74, 6) is -1.07. The minimum absolute atomic E-state index is 0.0206. The molecule has 3 amide bonds. The molecule has 190 valence electrons. The number of halogens is 2. The summed E-state index contributed by atoms with van der Waals surface area (Å²) in [6, 6.07) is 11.6. The number of carbonyl (C=O) groups excluding carboxylic acids is 3. The van der Waals surface area contributed by atoms with E-state index in [2.05, 4.69) is 15.7 Å². The largest absolute Gasteiger partial charge is 0.350 e. The summed E-state index contributed by atoms with van der Waals surface area (Å²) in [6.07, 6.45) is 2.24. The molecule has 8 nitrogen and oxygen atoms in total. The molecular weight excluding hydrogens is 485 g/mol. The fourth-order valence-electron chi connectivity index (χ4n) is 3.93. The zero-order chi connectivity index (χ0) is 25.8. The average molecular weight is 514 g/mol. The summed E-state index contributed by atoms with van der Waals surface area (Å²) in [5.41, 5.74) is 1.19. The van der Waals surface area contributed by atoms with Crippen LogP contribution in [0.3, 0.4) is 0 Å². The predicted molar refractivity (Wildman–Crippen MR) is 135 cm³/mol. The summed E-state index contributed by atoms with van der Waals surface area (Å²) < 4.78 is 15.6. The van der Waals surface area contributed by atoms with E-state index in [0.717, 1.165) is 12.8 Å². The standard InChI is InChI=1S/C26H29ClFN5O3/c1-16(2)32(14-22(34)29-13-18-6-5-8-20(27)24(18)28)23(35)15-33-21-9-4-3-7-19(21)25(31-33)26(36)30-12-17-10-11-17/h3-9,16-17H,10-15H2,1-2H3,(H,29,34)(H,30,36). The molecule has 1 fully saturated rings. The second-order valence-corrected chi connectivity index (χ2v) is 9.69. The minimum Gasteiger partial charge on any atom is -0.350 e. The van der Waals surface area contributed by atoms with Gasteiger partial charge in [0.1, 0.15) is 12.4 Å². The summed E-state index contributed by atoms with van der Waals surface area (Å²) in [4.78, 5) is 40.0. The van der Waals surface area contributed by atoms with E-state index in [-0.39, 0.29) is 53.8 Å². The lowest BCUT2D eigenvalue weighted by molar-refractivity contribution is -0.138. The van der Waals surface area contributed by atoms with Crippen molar-refractivity contribution in [3.8, 4) is 0 Å². The van der Waals surface area contributed by atoms with Crippen molar-refractivity contribution >= 4 is 40.2 Å². The van der Waals surface area contributed by atoms with Crippen molar-refractivity contribution in [3.63, 3.8) is 0 Å². The van der Waals surface area contributed by atoms with Gasteiger partial charge in [-0.25, -0.2) is 4.39 Å². The van der Waals surface area contributed by atoms with Crippen LogP contribution in [0.5, 0.6) is 0 Å². The summed E-state index contributed by atoms with van der Waals surface area (Å²) in [5, 5.41) is 10.7. The van der Waals surface area contributed by atoms with Crippen LogP contribution in [0.2, 0.25) is 5.02 Å². The van der Waals surface area contributed by atoms with Crippen molar-refractivity contribution in [1.29, 1.82) is 0 Å². The molecule has 0 bridgehead atoms. The van der Waals surface area contributed by atoms with Crippen LogP contribution >= 0.6 is 11.6 Å². The number of rotatable bonds is 10. The Morgan fingerprint density at radius 1 is 1.14 bits per heavy atom. The quantitative estimate of drug-likeness (QED) is 0.433. The molecule has 1 aliphatic rings. The van der Waals surface area contributed by atoms with Crippen LogP contribution in [-0.2, 0) is 22.7 Å². The zero-order valence-electron chi connectivity index (χ0n) is 20.3. The number of hydrogen-bond acceptors (Lipinski definition) is 4. The SMILES string of the molecule is CC(C)N(CC(=O)NCc1cccc(Cl)c1F)C(=O)Cn1nc(C(=O)NCC2CC2)c2ccccc21. The molecule has 36 heavy (non-hydrogen) atoms. The maximum Gasteiger partial charge on any atom is 0.272 e. The highest BCUT2D eigenvalue weighted by molar-refractivity contribution is 6.30. The van der Waals surface area contributed by atoms with Gasteiger partial charge in [-0.3, -0.25) is 19.1 Å². The summed E-state index contributed by atoms with van der Waals surface area (Å²) in [6.45, 7) is 3.85. The molecule has 0 atom stereocenters. The van der Waals surface area contributed by atoms with Crippen LogP contribution < -0.4 is 10.6 Å². The Hall–Kier alpha value is -3.46. The Morgan fingerprint density at radius 2 is 1.89 bits per heavy atom. The Morgan fingerprint density at radius 3 is 2.61 bits per heavy atom. The van der Waals surface area contributed by atoms with Crippen molar-refractivity contribution in [2.45, 2.75) is 45.8 Å². The third kappa shape index (κ3) is 6.02. The smallest absolute Gasteiger partial charge is 0.272 e. The van der Waals surface area contributed by atoms with Gasteiger partial charge in [-0.15, -0.1) is 0 Å². The lowest BCUT2D eigenvalue weighted by atomic mass is 10.2. The molecule has 1 aromatic heterocycles. The Labute approximate surface area is 213 Å². The van der Waals surface area contributed by atoms with E-state index >= 15 is 0 Å². The van der Waals surface area contributed by atoms with E-state index in [4.69, 9.17) is 11.6 Å². The van der Waals surface area contributed by atoms with Crippen molar-refractivity contribution in [2.75, 3.05) is 13.1 Å². The maximum absolute atomic E-state index is 14.1. The first kappa shape index (κ1) is 25.6. The number of nitrogens with one attached hydrogen (secondary N) is 2. The Kier molecular flexibility index (Phi) is 7.88. The molecule has 1 aliphatic carbocycles. The number of fused-ring (bicyclic) bond motifs is 1. The van der Waals surface area contributed by atoms with Crippen LogP contribution in [0.25, 0.3) is 10.9 Å². The third-order valence-corrected chi connectivity index (χ3v) is 6.46. The molecule has 0 aliphatic heterocycles. The van der Waals surface area contributed by atoms with Crippen LogP contribution in [0.4, 0.5) is 4.39 Å². The molecule has 3 aromatic rings.